The number of sulfone groups is 1. The Labute approximate surface area is 156 Å². The summed E-state index contributed by atoms with van der Waals surface area (Å²) in [6.45, 7) is 0. The Bertz CT molecular complexity index is 1220. The number of rotatable bonds is 4. The minimum absolute atomic E-state index is 0.0545. The van der Waals surface area contributed by atoms with Crippen LogP contribution in [0.25, 0.3) is 16.7 Å². The number of fused-ring (bicyclic) bond motifs is 1. The van der Waals surface area contributed by atoms with E-state index in [1.165, 1.54) is 25.6 Å². The van der Waals surface area contributed by atoms with Gasteiger partial charge in [0.15, 0.2) is 0 Å². The molecule has 0 saturated carbocycles. The number of anilines is 1. The summed E-state index contributed by atoms with van der Waals surface area (Å²) in [5.74, 6) is 0.295. The normalized spacial score (nSPS) is 11.6. The predicted octanol–water partition coefficient (Wildman–Crippen LogP) is 2.84. The number of benzene rings is 2. The molecule has 0 aliphatic rings. The molecular formula is C19H16N4O3S. The van der Waals surface area contributed by atoms with Crippen LogP contribution in [0.15, 0.2) is 76.8 Å². The molecular weight excluding hydrogens is 364 g/mol. The Morgan fingerprint density at radius 2 is 1.59 bits per heavy atom. The van der Waals surface area contributed by atoms with Crippen LogP contribution in [0.3, 0.4) is 0 Å². The number of nitrogens with zero attached hydrogens (tertiary/aromatic N) is 3. The highest BCUT2D eigenvalue weighted by molar-refractivity contribution is 7.92. The van der Waals surface area contributed by atoms with Crippen LogP contribution in [0.2, 0.25) is 0 Å². The van der Waals surface area contributed by atoms with Gasteiger partial charge in [0.25, 0.3) is 0 Å². The van der Waals surface area contributed by atoms with Crippen LogP contribution >= 0.6 is 0 Å². The molecule has 8 heteroatoms. The van der Waals surface area contributed by atoms with E-state index < -0.39 is 9.84 Å². The number of para-hydroxylation sites is 1. The third-order valence-electron chi connectivity index (χ3n) is 4.23. The van der Waals surface area contributed by atoms with Gasteiger partial charge in [-0.15, -0.1) is 0 Å². The van der Waals surface area contributed by atoms with Crippen LogP contribution < -0.4 is 10.5 Å². The lowest BCUT2D eigenvalue weighted by molar-refractivity contribution is 0.401. The molecule has 0 aliphatic carbocycles. The Kier molecular flexibility index (Phi) is 4.04. The van der Waals surface area contributed by atoms with Crippen molar-refractivity contribution in [3.05, 3.63) is 67.0 Å². The number of hydrogen-bond acceptors (Lipinski definition) is 6. The molecule has 4 rings (SSSR count). The fourth-order valence-corrected chi connectivity index (χ4v) is 4.57. The van der Waals surface area contributed by atoms with Gasteiger partial charge in [-0.2, -0.15) is 4.98 Å². The highest BCUT2D eigenvalue weighted by Crippen LogP contribution is 2.39. The summed E-state index contributed by atoms with van der Waals surface area (Å²) in [7, 11) is -2.44. The molecule has 0 amide bonds. The smallest absolute Gasteiger partial charge is 0.241 e. The van der Waals surface area contributed by atoms with Crippen LogP contribution in [0, 0.1) is 0 Å². The summed E-state index contributed by atoms with van der Waals surface area (Å²) in [4.78, 5) is 8.41. The maximum atomic E-state index is 13.3. The topological polar surface area (TPSA) is 100 Å². The second kappa shape index (κ2) is 6.40. The number of nitrogen functional groups attached to an aromatic ring is 1. The van der Waals surface area contributed by atoms with Crippen LogP contribution in [0.1, 0.15) is 0 Å². The molecule has 0 radical (unpaired) electrons. The number of hydrogen-bond donors (Lipinski definition) is 1. The van der Waals surface area contributed by atoms with Gasteiger partial charge in [0.1, 0.15) is 28.1 Å². The molecule has 0 bridgehead atoms. The van der Waals surface area contributed by atoms with Crippen molar-refractivity contribution in [1.29, 1.82) is 0 Å². The lowest BCUT2D eigenvalue weighted by atomic mass is 10.3. The van der Waals surface area contributed by atoms with Crippen molar-refractivity contribution in [1.82, 2.24) is 14.5 Å². The van der Waals surface area contributed by atoms with E-state index >= 15 is 0 Å². The zero-order chi connectivity index (χ0) is 19.0. The van der Waals surface area contributed by atoms with Gasteiger partial charge in [0, 0.05) is 5.69 Å². The van der Waals surface area contributed by atoms with E-state index in [1.54, 1.807) is 22.8 Å². The van der Waals surface area contributed by atoms with Crippen LogP contribution in [0.4, 0.5) is 5.82 Å². The van der Waals surface area contributed by atoms with Gasteiger partial charge in [-0.3, -0.25) is 4.57 Å². The zero-order valence-corrected chi connectivity index (χ0v) is 15.2. The highest BCUT2D eigenvalue weighted by Gasteiger charge is 2.31. The predicted molar refractivity (Wildman–Crippen MR) is 102 cm³/mol. The summed E-state index contributed by atoms with van der Waals surface area (Å²) in [5.41, 5.74) is 7.65. The number of aromatic nitrogens is 3. The van der Waals surface area contributed by atoms with Crippen LogP contribution in [0.5, 0.6) is 5.88 Å². The van der Waals surface area contributed by atoms with E-state index in [1.807, 2.05) is 30.3 Å². The average molecular weight is 380 g/mol. The number of methoxy groups -OCH3 is 1. The van der Waals surface area contributed by atoms with E-state index in [-0.39, 0.29) is 27.0 Å². The molecule has 0 aliphatic heterocycles. The summed E-state index contributed by atoms with van der Waals surface area (Å²) < 4.78 is 33.6. The van der Waals surface area contributed by atoms with Gasteiger partial charge in [-0.1, -0.05) is 36.4 Å². The zero-order valence-electron chi connectivity index (χ0n) is 14.4. The first kappa shape index (κ1) is 17.0. The van der Waals surface area contributed by atoms with Crippen molar-refractivity contribution < 1.29 is 13.2 Å². The van der Waals surface area contributed by atoms with Gasteiger partial charge < -0.3 is 10.5 Å². The van der Waals surface area contributed by atoms with Gasteiger partial charge in [-0.25, -0.2) is 13.4 Å². The molecule has 7 nitrogen and oxygen atoms in total. The third kappa shape index (κ3) is 2.61. The standard InChI is InChI=1S/C19H16N4O3S/c1-26-19-16-15(21-12-22-19)17(27(24,25)14-10-6-3-7-11-14)18(20)23(16)13-8-4-2-5-9-13/h2-12H,20H2,1H3. The van der Waals surface area contributed by atoms with Gasteiger partial charge in [-0.05, 0) is 24.3 Å². The molecule has 2 aromatic heterocycles. The lowest BCUT2D eigenvalue weighted by Crippen LogP contribution is -2.07. The van der Waals surface area contributed by atoms with Crippen molar-refractivity contribution >= 4 is 26.7 Å². The van der Waals surface area contributed by atoms with Gasteiger partial charge in [0.2, 0.25) is 15.7 Å². The van der Waals surface area contributed by atoms with Gasteiger partial charge in [0.05, 0.1) is 12.0 Å². The Morgan fingerprint density at radius 3 is 2.22 bits per heavy atom. The molecule has 27 heavy (non-hydrogen) atoms. The molecule has 0 saturated heterocycles. The van der Waals surface area contributed by atoms with Crippen molar-refractivity contribution in [3.63, 3.8) is 0 Å². The maximum absolute atomic E-state index is 13.3. The second-order valence-corrected chi connectivity index (χ2v) is 7.67. The molecule has 2 N–H and O–H groups in total. The monoisotopic (exact) mass is 380 g/mol. The molecule has 136 valence electrons. The number of nitrogens with two attached hydrogens (primary N) is 1. The maximum Gasteiger partial charge on any atom is 0.241 e. The SMILES string of the molecule is COc1ncnc2c(S(=O)(=O)c3ccccc3)c(N)n(-c3ccccc3)c12. The molecule has 4 aromatic rings. The van der Waals surface area contributed by atoms with Crippen molar-refractivity contribution in [2.75, 3.05) is 12.8 Å². The van der Waals surface area contributed by atoms with E-state index in [4.69, 9.17) is 10.5 Å². The van der Waals surface area contributed by atoms with Crippen molar-refractivity contribution in [3.8, 4) is 11.6 Å². The Morgan fingerprint density at radius 1 is 0.963 bits per heavy atom. The fourth-order valence-electron chi connectivity index (χ4n) is 3.05. The molecule has 2 heterocycles. The van der Waals surface area contributed by atoms with Crippen LogP contribution in [-0.2, 0) is 9.84 Å². The second-order valence-electron chi connectivity index (χ2n) is 5.78. The van der Waals surface area contributed by atoms with E-state index in [9.17, 15) is 8.42 Å². The van der Waals surface area contributed by atoms with E-state index in [0.717, 1.165) is 0 Å². The summed E-state index contributed by atoms with van der Waals surface area (Å²) in [6.07, 6.45) is 1.26. The van der Waals surface area contributed by atoms with Crippen LogP contribution in [-0.4, -0.2) is 30.1 Å². The largest absolute Gasteiger partial charge is 0.479 e. The first-order chi connectivity index (χ1) is 13.1. The first-order valence-corrected chi connectivity index (χ1v) is 9.58. The molecule has 0 unspecified atom stereocenters. The highest BCUT2D eigenvalue weighted by atomic mass is 32.2. The Hall–Kier alpha value is -3.39. The minimum Gasteiger partial charge on any atom is -0.479 e. The summed E-state index contributed by atoms with van der Waals surface area (Å²) in [6, 6.07) is 17.3. The van der Waals surface area contributed by atoms with Crippen molar-refractivity contribution in [2.45, 2.75) is 9.79 Å². The summed E-state index contributed by atoms with van der Waals surface area (Å²) in [5, 5.41) is 0. The third-order valence-corrected chi connectivity index (χ3v) is 6.06. The first-order valence-electron chi connectivity index (χ1n) is 8.10. The van der Waals surface area contributed by atoms with E-state index in [2.05, 4.69) is 9.97 Å². The van der Waals surface area contributed by atoms with Gasteiger partial charge >= 0.3 is 0 Å². The Balaban J connectivity index is 2.14. The molecule has 2 aromatic carbocycles. The lowest BCUT2D eigenvalue weighted by Gasteiger charge is -2.09. The molecule has 0 atom stereocenters. The average Bonchev–Trinajstić information content (AvgIpc) is 3.01. The molecule has 0 fully saturated rings. The quantitative estimate of drug-likeness (QED) is 0.584. The minimum atomic E-state index is -3.90. The summed E-state index contributed by atoms with van der Waals surface area (Å²) >= 11 is 0. The van der Waals surface area contributed by atoms with E-state index in [0.29, 0.717) is 11.2 Å². The fraction of sp³-hybridized carbons (Fsp3) is 0.0526. The molecule has 0 spiro atoms. The number of ether oxygens (including phenoxy) is 1. The van der Waals surface area contributed by atoms with Crippen molar-refractivity contribution in [2.24, 2.45) is 0 Å².